The van der Waals surface area contributed by atoms with Crippen LogP contribution in [0, 0.1) is 5.92 Å². The molecule has 3 nitrogen and oxygen atoms in total. The lowest BCUT2D eigenvalue weighted by molar-refractivity contribution is 0.281. The second-order valence-electron chi connectivity index (χ2n) is 4.99. The normalized spacial score (nSPS) is 20.8. The molecule has 1 fully saturated rings. The third-order valence-electron chi connectivity index (χ3n) is 3.80. The topological polar surface area (TPSA) is 36.4 Å². The number of aromatic nitrogens is 1. The largest absolute Gasteiger partial charge is 0.392 e. The van der Waals surface area contributed by atoms with Crippen LogP contribution in [-0.2, 0) is 6.61 Å². The Morgan fingerprint density at radius 3 is 3.00 bits per heavy atom. The SMILES string of the molecule is CCC1CCCN(c2ncc(Br)cc2CO)CC1. The van der Waals surface area contributed by atoms with Gasteiger partial charge in [-0.25, -0.2) is 4.98 Å². The van der Waals surface area contributed by atoms with Gasteiger partial charge in [0.1, 0.15) is 5.82 Å². The first kappa shape index (κ1) is 13.8. The van der Waals surface area contributed by atoms with Gasteiger partial charge in [0.25, 0.3) is 0 Å². The molecule has 2 heterocycles. The van der Waals surface area contributed by atoms with E-state index in [1.807, 2.05) is 12.3 Å². The predicted octanol–water partition coefficient (Wildman–Crippen LogP) is 3.35. The van der Waals surface area contributed by atoms with E-state index in [2.05, 4.69) is 32.7 Å². The highest BCUT2D eigenvalue weighted by molar-refractivity contribution is 9.10. The maximum absolute atomic E-state index is 9.45. The van der Waals surface area contributed by atoms with E-state index >= 15 is 0 Å². The molecule has 1 unspecified atom stereocenters. The van der Waals surface area contributed by atoms with Crippen LogP contribution in [0.2, 0.25) is 0 Å². The van der Waals surface area contributed by atoms with Gasteiger partial charge in [0, 0.05) is 29.3 Å². The van der Waals surface area contributed by atoms with E-state index in [4.69, 9.17) is 0 Å². The quantitative estimate of drug-likeness (QED) is 0.929. The lowest BCUT2D eigenvalue weighted by atomic mass is 9.98. The molecule has 0 aliphatic carbocycles. The van der Waals surface area contributed by atoms with Crippen LogP contribution in [0.4, 0.5) is 5.82 Å². The molecule has 0 bridgehead atoms. The Hall–Kier alpha value is -0.610. The van der Waals surface area contributed by atoms with E-state index in [0.717, 1.165) is 34.9 Å². The minimum atomic E-state index is 0.0511. The van der Waals surface area contributed by atoms with Crippen molar-refractivity contribution in [3.63, 3.8) is 0 Å². The Balaban J connectivity index is 2.15. The fraction of sp³-hybridized carbons (Fsp3) is 0.643. The van der Waals surface area contributed by atoms with Crippen molar-refractivity contribution in [2.75, 3.05) is 18.0 Å². The number of nitrogens with zero attached hydrogens (tertiary/aromatic N) is 2. The van der Waals surface area contributed by atoms with Crippen LogP contribution in [0.3, 0.4) is 0 Å². The molecule has 18 heavy (non-hydrogen) atoms. The molecule has 0 amide bonds. The number of anilines is 1. The Bertz CT molecular complexity index is 397. The standard InChI is InChI=1S/C14H21BrN2O/c1-2-11-4-3-6-17(7-5-11)14-12(10-18)8-13(15)9-16-14/h8-9,11,18H,2-7,10H2,1H3. The highest BCUT2D eigenvalue weighted by Crippen LogP contribution is 2.27. The average Bonchev–Trinajstić information content (AvgIpc) is 2.63. The molecule has 1 N–H and O–H groups in total. The number of pyridine rings is 1. The van der Waals surface area contributed by atoms with E-state index in [-0.39, 0.29) is 6.61 Å². The lowest BCUT2D eigenvalue weighted by Gasteiger charge is -2.24. The molecule has 1 aromatic heterocycles. The summed E-state index contributed by atoms with van der Waals surface area (Å²) < 4.78 is 0.927. The number of hydrogen-bond donors (Lipinski definition) is 1. The Morgan fingerprint density at radius 1 is 1.44 bits per heavy atom. The number of aliphatic hydroxyl groups excluding tert-OH is 1. The number of halogens is 1. The summed E-state index contributed by atoms with van der Waals surface area (Å²) in [5, 5.41) is 9.45. The third-order valence-corrected chi connectivity index (χ3v) is 4.24. The highest BCUT2D eigenvalue weighted by atomic mass is 79.9. The fourth-order valence-electron chi connectivity index (χ4n) is 2.66. The molecule has 100 valence electrons. The molecule has 4 heteroatoms. The maximum Gasteiger partial charge on any atom is 0.134 e. The van der Waals surface area contributed by atoms with Crippen LogP contribution in [0.25, 0.3) is 0 Å². The predicted molar refractivity (Wildman–Crippen MR) is 77.7 cm³/mol. The lowest BCUT2D eigenvalue weighted by Crippen LogP contribution is -2.26. The first-order valence-corrected chi connectivity index (χ1v) is 7.54. The van der Waals surface area contributed by atoms with Gasteiger partial charge >= 0.3 is 0 Å². The summed E-state index contributed by atoms with van der Waals surface area (Å²) in [5.41, 5.74) is 0.916. The molecular formula is C14H21BrN2O. The number of aliphatic hydroxyl groups is 1. The smallest absolute Gasteiger partial charge is 0.134 e. The minimum absolute atomic E-state index is 0.0511. The summed E-state index contributed by atoms with van der Waals surface area (Å²) in [6.45, 7) is 4.44. The van der Waals surface area contributed by atoms with Crippen molar-refractivity contribution in [1.82, 2.24) is 4.98 Å². The van der Waals surface area contributed by atoms with Crippen molar-refractivity contribution in [2.24, 2.45) is 5.92 Å². The molecule has 1 saturated heterocycles. The van der Waals surface area contributed by atoms with Gasteiger partial charge in [0.2, 0.25) is 0 Å². The summed E-state index contributed by atoms with van der Waals surface area (Å²) in [6.07, 6.45) is 6.86. The summed E-state index contributed by atoms with van der Waals surface area (Å²) in [4.78, 5) is 6.81. The van der Waals surface area contributed by atoms with Crippen molar-refractivity contribution in [3.8, 4) is 0 Å². The molecule has 2 rings (SSSR count). The number of hydrogen-bond acceptors (Lipinski definition) is 3. The second kappa shape index (κ2) is 6.53. The zero-order valence-corrected chi connectivity index (χ0v) is 12.5. The number of rotatable bonds is 3. The van der Waals surface area contributed by atoms with Crippen molar-refractivity contribution in [3.05, 3.63) is 22.3 Å². The van der Waals surface area contributed by atoms with Crippen molar-refractivity contribution in [1.29, 1.82) is 0 Å². The highest BCUT2D eigenvalue weighted by Gasteiger charge is 2.18. The molecule has 0 spiro atoms. The van der Waals surface area contributed by atoms with Crippen LogP contribution in [0.1, 0.15) is 38.2 Å². The summed E-state index contributed by atoms with van der Waals surface area (Å²) in [6, 6.07) is 1.96. The van der Waals surface area contributed by atoms with Crippen LogP contribution in [0.5, 0.6) is 0 Å². The zero-order chi connectivity index (χ0) is 13.0. The van der Waals surface area contributed by atoms with Crippen LogP contribution in [-0.4, -0.2) is 23.2 Å². The van der Waals surface area contributed by atoms with Crippen molar-refractivity contribution in [2.45, 2.75) is 39.2 Å². The monoisotopic (exact) mass is 312 g/mol. The summed E-state index contributed by atoms with van der Waals surface area (Å²) in [5.74, 6) is 1.81. The van der Waals surface area contributed by atoms with Gasteiger partial charge in [0.05, 0.1) is 6.61 Å². The molecular weight excluding hydrogens is 292 g/mol. The van der Waals surface area contributed by atoms with Gasteiger partial charge in [-0.2, -0.15) is 0 Å². The fourth-order valence-corrected chi connectivity index (χ4v) is 3.04. The maximum atomic E-state index is 9.45. The van der Waals surface area contributed by atoms with Gasteiger partial charge in [-0.1, -0.05) is 13.3 Å². The Kier molecular flexibility index (Phi) is 5.01. The van der Waals surface area contributed by atoms with E-state index in [0.29, 0.717) is 0 Å². The Labute approximate surface area is 117 Å². The van der Waals surface area contributed by atoms with Crippen LogP contribution in [0.15, 0.2) is 16.7 Å². The van der Waals surface area contributed by atoms with Crippen molar-refractivity contribution >= 4 is 21.7 Å². The molecule has 1 atom stereocenters. The van der Waals surface area contributed by atoms with Crippen molar-refractivity contribution < 1.29 is 5.11 Å². The van der Waals surface area contributed by atoms with Crippen LogP contribution >= 0.6 is 15.9 Å². The molecule has 0 aromatic carbocycles. The van der Waals surface area contributed by atoms with Crippen LogP contribution < -0.4 is 4.90 Å². The van der Waals surface area contributed by atoms with E-state index < -0.39 is 0 Å². The molecule has 1 aromatic rings. The molecule has 0 saturated carbocycles. The first-order chi connectivity index (χ1) is 8.74. The van der Waals surface area contributed by atoms with Gasteiger partial charge in [-0.15, -0.1) is 0 Å². The zero-order valence-electron chi connectivity index (χ0n) is 10.9. The van der Waals surface area contributed by atoms with Gasteiger partial charge in [-0.05, 0) is 47.2 Å². The minimum Gasteiger partial charge on any atom is -0.392 e. The van der Waals surface area contributed by atoms with E-state index in [1.165, 1.54) is 25.7 Å². The molecule has 1 aliphatic heterocycles. The molecule has 1 aliphatic rings. The van der Waals surface area contributed by atoms with E-state index in [9.17, 15) is 5.11 Å². The van der Waals surface area contributed by atoms with Gasteiger partial charge in [-0.3, -0.25) is 0 Å². The third kappa shape index (κ3) is 3.23. The summed E-state index contributed by atoms with van der Waals surface area (Å²) in [7, 11) is 0. The Morgan fingerprint density at radius 2 is 2.28 bits per heavy atom. The average molecular weight is 313 g/mol. The van der Waals surface area contributed by atoms with Gasteiger partial charge < -0.3 is 10.0 Å². The van der Waals surface area contributed by atoms with E-state index in [1.54, 1.807) is 0 Å². The second-order valence-corrected chi connectivity index (χ2v) is 5.90. The summed E-state index contributed by atoms with van der Waals surface area (Å²) >= 11 is 3.41. The first-order valence-electron chi connectivity index (χ1n) is 6.74. The molecule has 0 radical (unpaired) electrons. The van der Waals surface area contributed by atoms with Gasteiger partial charge in [0.15, 0.2) is 0 Å².